The average Bonchev–Trinajstić information content (AvgIpc) is 3.09. The summed E-state index contributed by atoms with van der Waals surface area (Å²) in [5.74, 6) is 0.180. The van der Waals surface area contributed by atoms with Crippen LogP contribution in [-0.2, 0) is 6.42 Å². The molecule has 1 N–H and O–H groups in total. The fraction of sp³-hybridized carbons (Fsp3) is 0.409. The van der Waals surface area contributed by atoms with Crippen molar-refractivity contribution in [1.29, 1.82) is 0 Å². The number of aliphatic hydroxyl groups excluding tert-OH is 1. The summed E-state index contributed by atoms with van der Waals surface area (Å²) in [5, 5.41) is 15.0. The second-order valence-electron chi connectivity index (χ2n) is 7.73. The first-order valence-corrected chi connectivity index (χ1v) is 9.86. The summed E-state index contributed by atoms with van der Waals surface area (Å²) in [6.07, 6.45) is 1.92. The molecule has 1 atom stereocenters. The highest BCUT2D eigenvalue weighted by molar-refractivity contribution is 5.93. The first kappa shape index (κ1) is 18.6. The molecule has 2 aromatic heterocycles. The fourth-order valence-corrected chi connectivity index (χ4v) is 4.02. The molecular formula is C22H26N4O2. The molecule has 6 nitrogen and oxygen atoms in total. The molecule has 146 valence electrons. The molecule has 1 aromatic carbocycles. The van der Waals surface area contributed by atoms with Gasteiger partial charge in [0, 0.05) is 24.8 Å². The van der Waals surface area contributed by atoms with E-state index < -0.39 is 0 Å². The van der Waals surface area contributed by atoms with E-state index in [4.69, 9.17) is 0 Å². The summed E-state index contributed by atoms with van der Waals surface area (Å²) < 4.78 is 1.76. The van der Waals surface area contributed by atoms with E-state index in [1.165, 1.54) is 0 Å². The Labute approximate surface area is 164 Å². The maximum Gasteiger partial charge on any atom is 0.272 e. The Hall–Kier alpha value is -2.73. The van der Waals surface area contributed by atoms with E-state index in [0.29, 0.717) is 30.9 Å². The van der Waals surface area contributed by atoms with Crippen LogP contribution in [0.3, 0.4) is 0 Å². The number of hydrogen-bond donors (Lipinski definition) is 1. The Morgan fingerprint density at radius 1 is 1.18 bits per heavy atom. The molecule has 4 rings (SSSR count). The van der Waals surface area contributed by atoms with Gasteiger partial charge in [0.25, 0.3) is 5.91 Å². The van der Waals surface area contributed by atoms with E-state index in [1.807, 2.05) is 55.1 Å². The number of aryl methyl sites for hydroxylation is 2. The topological polar surface area (TPSA) is 70.7 Å². The molecule has 28 heavy (non-hydrogen) atoms. The van der Waals surface area contributed by atoms with Crippen LogP contribution in [0.4, 0.5) is 0 Å². The molecule has 1 aliphatic rings. The summed E-state index contributed by atoms with van der Waals surface area (Å²) in [5.41, 5.74) is 4.10. The number of carbonyl (C=O) groups excluding carboxylic acids is 1. The molecule has 1 aliphatic heterocycles. The maximum absolute atomic E-state index is 12.9. The minimum Gasteiger partial charge on any atom is -0.392 e. The molecule has 1 fully saturated rings. The summed E-state index contributed by atoms with van der Waals surface area (Å²) in [6.45, 7) is 5.16. The number of carbonyl (C=O) groups is 1. The number of likely N-dealkylation sites (tertiary alicyclic amines) is 1. The number of hydrogen-bond acceptors (Lipinski definition) is 4. The molecule has 0 spiro atoms. The van der Waals surface area contributed by atoms with Crippen molar-refractivity contribution < 1.29 is 9.90 Å². The van der Waals surface area contributed by atoms with Gasteiger partial charge < -0.3 is 10.0 Å². The summed E-state index contributed by atoms with van der Waals surface area (Å²) >= 11 is 0. The van der Waals surface area contributed by atoms with Crippen LogP contribution in [0.5, 0.6) is 0 Å². The van der Waals surface area contributed by atoms with Crippen molar-refractivity contribution in [3.63, 3.8) is 0 Å². The average molecular weight is 378 g/mol. The second kappa shape index (κ2) is 7.72. The van der Waals surface area contributed by atoms with Crippen molar-refractivity contribution in [3.05, 3.63) is 65.1 Å². The van der Waals surface area contributed by atoms with Crippen LogP contribution in [0, 0.1) is 19.8 Å². The Bertz CT molecular complexity index is 975. The van der Waals surface area contributed by atoms with E-state index in [2.05, 4.69) is 10.1 Å². The van der Waals surface area contributed by atoms with Crippen molar-refractivity contribution in [2.24, 2.45) is 5.92 Å². The minimum absolute atomic E-state index is 0.0412. The van der Waals surface area contributed by atoms with E-state index in [0.717, 1.165) is 29.8 Å². The van der Waals surface area contributed by atoms with Gasteiger partial charge in [-0.1, -0.05) is 30.3 Å². The molecule has 0 saturated carbocycles. The van der Waals surface area contributed by atoms with Gasteiger partial charge in [-0.25, -0.2) is 9.50 Å². The van der Waals surface area contributed by atoms with Crippen molar-refractivity contribution in [1.82, 2.24) is 19.5 Å². The number of fused-ring (bicyclic) bond motifs is 1. The standard InChI is InChI=1S/C22H26N4O2/c1-15-12-21-23-19(13-16(2)26(21)24-15)22(28)25-10-8-18(9-11-25)20(27)14-17-6-4-3-5-7-17/h3-7,12-13,18,20,27H,8-11,14H2,1-2H3/t20-/m0/s1. The number of rotatable bonds is 4. The van der Waals surface area contributed by atoms with Crippen molar-refractivity contribution in [3.8, 4) is 0 Å². The van der Waals surface area contributed by atoms with Gasteiger partial charge in [0.15, 0.2) is 5.65 Å². The lowest BCUT2D eigenvalue weighted by molar-refractivity contribution is 0.0464. The first-order chi connectivity index (χ1) is 13.5. The van der Waals surface area contributed by atoms with Gasteiger partial charge in [-0.05, 0) is 50.7 Å². The van der Waals surface area contributed by atoms with Crippen LogP contribution >= 0.6 is 0 Å². The predicted molar refractivity (Wildman–Crippen MR) is 107 cm³/mol. The highest BCUT2D eigenvalue weighted by Crippen LogP contribution is 2.24. The van der Waals surface area contributed by atoms with Gasteiger partial charge in [0.1, 0.15) is 5.69 Å². The molecule has 0 unspecified atom stereocenters. The SMILES string of the molecule is Cc1cc2nc(C(=O)N3CCC([C@@H](O)Cc4ccccc4)CC3)cc(C)n2n1. The molecule has 3 heterocycles. The molecular weight excluding hydrogens is 352 g/mol. The number of benzene rings is 1. The Morgan fingerprint density at radius 3 is 2.61 bits per heavy atom. The van der Waals surface area contributed by atoms with Crippen LogP contribution in [0.2, 0.25) is 0 Å². The van der Waals surface area contributed by atoms with E-state index in [9.17, 15) is 9.90 Å². The third kappa shape index (κ3) is 3.78. The third-order valence-electron chi connectivity index (χ3n) is 5.61. The zero-order valence-electron chi connectivity index (χ0n) is 16.4. The lowest BCUT2D eigenvalue weighted by Crippen LogP contribution is -2.42. The maximum atomic E-state index is 12.9. The molecule has 6 heteroatoms. The van der Waals surface area contributed by atoms with Crippen molar-refractivity contribution in [2.45, 2.75) is 39.2 Å². The predicted octanol–water partition coefficient (Wildman–Crippen LogP) is 2.80. The van der Waals surface area contributed by atoms with Gasteiger partial charge in [-0.15, -0.1) is 0 Å². The lowest BCUT2D eigenvalue weighted by atomic mass is 9.88. The monoisotopic (exact) mass is 378 g/mol. The summed E-state index contributed by atoms with van der Waals surface area (Å²) in [6, 6.07) is 13.8. The van der Waals surface area contributed by atoms with Crippen LogP contribution in [-0.4, -0.2) is 49.7 Å². The fourth-order valence-electron chi connectivity index (χ4n) is 4.02. The molecule has 1 amide bonds. The molecule has 3 aromatic rings. The smallest absolute Gasteiger partial charge is 0.272 e. The lowest BCUT2D eigenvalue weighted by Gasteiger charge is -2.34. The normalized spacial score (nSPS) is 16.5. The van der Waals surface area contributed by atoms with Gasteiger partial charge in [0.2, 0.25) is 0 Å². The zero-order chi connectivity index (χ0) is 19.7. The Kier molecular flexibility index (Phi) is 5.13. The highest BCUT2D eigenvalue weighted by atomic mass is 16.3. The highest BCUT2D eigenvalue weighted by Gasteiger charge is 2.28. The molecule has 0 radical (unpaired) electrons. The van der Waals surface area contributed by atoms with Crippen LogP contribution in [0.1, 0.15) is 40.3 Å². The van der Waals surface area contributed by atoms with Crippen LogP contribution in [0.15, 0.2) is 42.5 Å². The molecule has 0 aliphatic carbocycles. The van der Waals surface area contributed by atoms with E-state index in [-0.39, 0.29) is 17.9 Å². The molecule has 1 saturated heterocycles. The first-order valence-electron chi connectivity index (χ1n) is 9.86. The Balaban J connectivity index is 1.40. The van der Waals surface area contributed by atoms with E-state index >= 15 is 0 Å². The molecule has 0 bridgehead atoms. The summed E-state index contributed by atoms with van der Waals surface area (Å²) in [7, 11) is 0. The second-order valence-corrected chi connectivity index (χ2v) is 7.73. The largest absolute Gasteiger partial charge is 0.392 e. The minimum atomic E-state index is -0.369. The number of amides is 1. The third-order valence-corrected chi connectivity index (χ3v) is 5.61. The van der Waals surface area contributed by atoms with Crippen molar-refractivity contribution in [2.75, 3.05) is 13.1 Å². The quantitative estimate of drug-likeness (QED) is 0.758. The number of piperidine rings is 1. The van der Waals surface area contributed by atoms with Gasteiger partial charge in [-0.2, -0.15) is 5.10 Å². The Morgan fingerprint density at radius 2 is 1.89 bits per heavy atom. The van der Waals surface area contributed by atoms with Gasteiger partial charge in [-0.3, -0.25) is 4.79 Å². The number of aliphatic hydroxyl groups is 1. The van der Waals surface area contributed by atoms with Gasteiger partial charge in [0.05, 0.1) is 11.8 Å². The summed E-state index contributed by atoms with van der Waals surface area (Å²) in [4.78, 5) is 19.3. The van der Waals surface area contributed by atoms with Gasteiger partial charge >= 0.3 is 0 Å². The zero-order valence-corrected chi connectivity index (χ0v) is 16.4. The number of aromatic nitrogens is 3. The van der Waals surface area contributed by atoms with Crippen LogP contribution < -0.4 is 0 Å². The van der Waals surface area contributed by atoms with Crippen LogP contribution in [0.25, 0.3) is 5.65 Å². The van der Waals surface area contributed by atoms with E-state index in [1.54, 1.807) is 10.6 Å². The number of nitrogens with zero attached hydrogens (tertiary/aromatic N) is 4. The van der Waals surface area contributed by atoms with Crippen molar-refractivity contribution >= 4 is 11.6 Å².